The second-order valence-electron chi connectivity index (χ2n) is 15.1. The minimum atomic E-state index is -0.186. The van der Waals surface area contributed by atoms with Gasteiger partial charge in [-0.25, -0.2) is 15.0 Å². The normalized spacial score (nSPS) is 12.9. The summed E-state index contributed by atoms with van der Waals surface area (Å²) in [6.45, 7) is 0. The summed E-state index contributed by atoms with van der Waals surface area (Å²) in [6, 6.07) is 59.1. The SMILES string of the molecule is [2H]c1cc([2H])c2c(c1[2H])c1c([2H])c([2H])cc([2H])c1n2-c1ccc(-c2cccc3c2sc2ccccc23)cc1-c1nc(-c2ccccc2)nc(-c2cc(-c3ccccc3)cc(-c3ccccc3)c2)n1. The van der Waals surface area contributed by atoms with Gasteiger partial charge in [0.25, 0.3) is 0 Å². The van der Waals surface area contributed by atoms with Crippen molar-refractivity contribution >= 4 is 53.3 Å². The first-order valence-corrected chi connectivity index (χ1v) is 21.2. The van der Waals surface area contributed by atoms with E-state index >= 15 is 0 Å². The van der Waals surface area contributed by atoms with Crippen molar-refractivity contribution in [1.29, 1.82) is 0 Å². The fourth-order valence-corrected chi connectivity index (χ4v) is 9.74. The summed E-state index contributed by atoms with van der Waals surface area (Å²) in [5.74, 6) is 1.18. The van der Waals surface area contributed by atoms with Crippen LogP contribution in [0.4, 0.5) is 0 Å². The zero-order valence-corrected chi connectivity index (χ0v) is 33.8. The number of hydrogen-bond acceptors (Lipinski definition) is 4. The average molecular weight is 815 g/mol. The highest BCUT2D eigenvalue weighted by Crippen LogP contribution is 2.43. The molecule has 3 heterocycles. The molecule has 4 nitrogen and oxygen atoms in total. The lowest BCUT2D eigenvalue weighted by molar-refractivity contribution is 1.06. The van der Waals surface area contributed by atoms with Crippen molar-refractivity contribution in [2.75, 3.05) is 0 Å². The number of fused-ring (bicyclic) bond motifs is 6. The molecule has 0 radical (unpaired) electrons. The summed E-state index contributed by atoms with van der Waals surface area (Å²) >= 11 is 1.73. The van der Waals surface area contributed by atoms with Gasteiger partial charge in [-0.3, -0.25) is 0 Å². The molecule has 0 amide bonds. The average Bonchev–Trinajstić information content (AvgIpc) is 3.96. The molecule has 0 aliphatic heterocycles. The molecule has 0 saturated carbocycles. The molecule has 0 bridgehead atoms. The molecule has 290 valence electrons. The van der Waals surface area contributed by atoms with Crippen molar-refractivity contribution in [3.05, 3.63) is 218 Å². The van der Waals surface area contributed by atoms with E-state index in [2.05, 4.69) is 84.9 Å². The number of thiophene rings is 1. The molecule has 3 aromatic heterocycles. The van der Waals surface area contributed by atoms with Gasteiger partial charge < -0.3 is 4.57 Å². The summed E-state index contributed by atoms with van der Waals surface area (Å²) < 4.78 is 58.4. The molecule has 0 atom stereocenters. The van der Waals surface area contributed by atoms with Crippen LogP contribution in [0, 0.1) is 0 Å². The molecule has 12 aromatic rings. The van der Waals surface area contributed by atoms with E-state index in [1.54, 1.807) is 15.9 Å². The smallest absolute Gasteiger partial charge is 0.166 e. The van der Waals surface area contributed by atoms with Crippen molar-refractivity contribution in [3.8, 4) is 73.2 Å². The Morgan fingerprint density at radius 3 is 1.58 bits per heavy atom. The molecule has 0 N–H and O–H groups in total. The Balaban J connectivity index is 1.20. The van der Waals surface area contributed by atoms with E-state index in [0.29, 0.717) is 28.7 Å². The van der Waals surface area contributed by atoms with E-state index in [0.717, 1.165) is 54.6 Å². The van der Waals surface area contributed by atoms with Gasteiger partial charge in [0.15, 0.2) is 17.5 Å². The van der Waals surface area contributed by atoms with E-state index in [-0.39, 0.29) is 58.1 Å². The van der Waals surface area contributed by atoms with Crippen LogP contribution in [0.15, 0.2) is 218 Å². The minimum Gasteiger partial charge on any atom is -0.309 e. The number of rotatable bonds is 7. The second kappa shape index (κ2) is 14.9. The summed E-state index contributed by atoms with van der Waals surface area (Å²) in [4.78, 5) is 15.8. The summed E-state index contributed by atoms with van der Waals surface area (Å²) in [6.07, 6.45) is 0. The van der Waals surface area contributed by atoms with Crippen LogP contribution in [0.5, 0.6) is 0 Å². The number of nitrogens with zero attached hydrogens (tertiary/aromatic N) is 4. The Morgan fingerprint density at radius 2 is 0.919 bits per heavy atom. The third-order valence-electron chi connectivity index (χ3n) is 11.4. The molecule has 12 rings (SSSR count). The molecule has 0 aliphatic carbocycles. The molecule has 5 heteroatoms. The van der Waals surface area contributed by atoms with Gasteiger partial charge in [-0.15, -0.1) is 11.3 Å². The fraction of sp³-hybridized carbons (Fsp3) is 0. The molecule has 0 saturated heterocycles. The van der Waals surface area contributed by atoms with Crippen LogP contribution in [0.1, 0.15) is 8.22 Å². The van der Waals surface area contributed by atoms with E-state index < -0.39 is 0 Å². The summed E-state index contributed by atoms with van der Waals surface area (Å²) in [5, 5.41) is 2.65. The third kappa shape index (κ3) is 6.18. The molecule has 0 aliphatic rings. The quantitative estimate of drug-likeness (QED) is 0.161. The summed E-state index contributed by atoms with van der Waals surface area (Å²) in [5.41, 5.74) is 8.99. The minimum absolute atomic E-state index is 0.0555. The number of hydrogen-bond donors (Lipinski definition) is 0. The van der Waals surface area contributed by atoms with Crippen LogP contribution in [0.25, 0.3) is 115 Å². The Bertz CT molecular complexity index is 3860. The van der Waals surface area contributed by atoms with Gasteiger partial charge in [0, 0.05) is 47.6 Å². The maximum absolute atomic E-state index is 9.36. The number of aromatic nitrogens is 4. The van der Waals surface area contributed by atoms with Crippen molar-refractivity contribution in [1.82, 2.24) is 19.5 Å². The second-order valence-corrected chi connectivity index (χ2v) is 16.2. The maximum Gasteiger partial charge on any atom is 0.166 e. The van der Waals surface area contributed by atoms with Gasteiger partial charge in [-0.1, -0.05) is 170 Å². The highest BCUT2D eigenvalue weighted by molar-refractivity contribution is 7.26. The first-order chi connectivity index (χ1) is 33.2. The van der Waals surface area contributed by atoms with Gasteiger partial charge in [-0.05, 0) is 81.9 Å². The lowest BCUT2D eigenvalue weighted by Crippen LogP contribution is -2.04. The van der Waals surface area contributed by atoms with E-state index in [9.17, 15) is 2.74 Å². The lowest BCUT2D eigenvalue weighted by Gasteiger charge is -2.17. The van der Waals surface area contributed by atoms with E-state index in [1.807, 2.05) is 84.9 Å². The molecular weight excluding hydrogens is 773 g/mol. The maximum atomic E-state index is 9.36. The third-order valence-corrected chi connectivity index (χ3v) is 12.6. The first-order valence-electron chi connectivity index (χ1n) is 23.3. The van der Waals surface area contributed by atoms with Gasteiger partial charge >= 0.3 is 0 Å². The molecular formula is C57H36N4S. The van der Waals surface area contributed by atoms with E-state index in [1.165, 1.54) is 22.2 Å². The van der Waals surface area contributed by atoms with Crippen LogP contribution < -0.4 is 0 Å². The van der Waals surface area contributed by atoms with Crippen molar-refractivity contribution in [2.45, 2.75) is 0 Å². The molecule has 9 aromatic carbocycles. The number of benzene rings is 9. The van der Waals surface area contributed by atoms with Crippen LogP contribution in [-0.4, -0.2) is 19.5 Å². The molecule has 0 fully saturated rings. The molecule has 0 spiro atoms. The zero-order chi connectivity index (χ0) is 46.2. The van der Waals surface area contributed by atoms with Crippen LogP contribution in [0.2, 0.25) is 0 Å². The van der Waals surface area contributed by atoms with Crippen LogP contribution >= 0.6 is 11.3 Å². The van der Waals surface area contributed by atoms with Gasteiger partial charge in [0.05, 0.1) is 24.9 Å². The van der Waals surface area contributed by atoms with Crippen molar-refractivity contribution in [3.63, 3.8) is 0 Å². The lowest BCUT2D eigenvalue weighted by atomic mass is 9.95. The topological polar surface area (TPSA) is 43.6 Å². The summed E-state index contributed by atoms with van der Waals surface area (Å²) in [7, 11) is 0. The first kappa shape index (κ1) is 30.1. The highest BCUT2D eigenvalue weighted by Gasteiger charge is 2.22. The van der Waals surface area contributed by atoms with Gasteiger partial charge in [0.1, 0.15) is 0 Å². The Hall–Kier alpha value is -7.99. The van der Waals surface area contributed by atoms with E-state index in [4.69, 9.17) is 20.4 Å². The predicted molar refractivity (Wildman–Crippen MR) is 260 cm³/mol. The fourth-order valence-electron chi connectivity index (χ4n) is 8.50. The van der Waals surface area contributed by atoms with Crippen molar-refractivity contribution in [2.24, 2.45) is 0 Å². The number of para-hydroxylation sites is 2. The predicted octanol–water partition coefficient (Wildman–Crippen LogP) is 15.3. The molecule has 0 unspecified atom stereocenters. The standard InChI is InChI=1S/C57H36N4S/c1-4-17-37(18-5-1)41-33-42(38-19-6-2-7-20-38)35-43(34-41)56-58-55(39-21-8-3-9-22-39)59-57(60-56)49-36-40(44-26-16-27-48-47-25-12-15-30-53(47)62-54(44)48)31-32-52(49)61-50-28-13-10-23-45(50)46-24-11-14-29-51(46)61/h1-36H/i10D,11D,23D,24D,28D,29D. The highest BCUT2D eigenvalue weighted by atomic mass is 32.1. The monoisotopic (exact) mass is 814 g/mol. The molecule has 62 heavy (non-hydrogen) atoms. The van der Waals surface area contributed by atoms with Gasteiger partial charge in [-0.2, -0.15) is 0 Å². The Labute approximate surface area is 371 Å². The largest absolute Gasteiger partial charge is 0.309 e. The van der Waals surface area contributed by atoms with Crippen LogP contribution in [-0.2, 0) is 0 Å². The van der Waals surface area contributed by atoms with Gasteiger partial charge in [0.2, 0.25) is 0 Å². The Morgan fingerprint density at radius 1 is 0.371 bits per heavy atom. The zero-order valence-electron chi connectivity index (χ0n) is 39.0. The van der Waals surface area contributed by atoms with Crippen molar-refractivity contribution < 1.29 is 8.22 Å². The van der Waals surface area contributed by atoms with Crippen LogP contribution in [0.3, 0.4) is 0 Å². The Kier molecular flexibility index (Phi) is 7.25.